The maximum absolute atomic E-state index is 12.0. The monoisotopic (exact) mass is 283 g/mol. The smallest absolute Gasteiger partial charge is 0.337 e. The molecular weight excluding hydrogens is 266 g/mol. The summed E-state index contributed by atoms with van der Waals surface area (Å²) in [5.41, 5.74) is 0.532. The second-order valence-electron chi connectivity index (χ2n) is 4.66. The fourth-order valence-electron chi connectivity index (χ4n) is 1.63. The van der Waals surface area contributed by atoms with Crippen molar-refractivity contribution in [3.05, 3.63) is 28.8 Å². The first-order valence-electron chi connectivity index (χ1n) is 6.20. The number of carboxylic acids is 1. The standard InChI is InChI=1S/C14H18ClNO3/c1-4-8(2)9(3)13(17)16-10-5-6-11(14(18)19)12(15)7-10/h5-9H,4H2,1-3H3,(H,16,17)(H,18,19). The third-order valence-electron chi connectivity index (χ3n) is 3.38. The summed E-state index contributed by atoms with van der Waals surface area (Å²) in [5, 5.41) is 11.7. The molecule has 2 atom stereocenters. The van der Waals surface area contributed by atoms with Crippen molar-refractivity contribution in [3.63, 3.8) is 0 Å². The third kappa shape index (κ3) is 3.96. The fourth-order valence-corrected chi connectivity index (χ4v) is 1.90. The molecule has 4 nitrogen and oxygen atoms in total. The van der Waals surface area contributed by atoms with Crippen LogP contribution in [-0.2, 0) is 4.79 Å². The first-order valence-corrected chi connectivity index (χ1v) is 6.58. The van der Waals surface area contributed by atoms with Gasteiger partial charge in [-0.1, -0.05) is 38.8 Å². The second kappa shape index (κ2) is 6.57. The van der Waals surface area contributed by atoms with Crippen LogP contribution in [0.25, 0.3) is 0 Å². The van der Waals surface area contributed by atoms with Crippen LogP contribution in [0.2, 0.25) is 5.02 Å². The Morgan fingerprint density at radius 3 is 2.47 bits per heavy atom. The summed E-state index contributed by atoms with van der Waals surface area (Å²) in [5.74, 6) is -0.999. The zero-order valence-electron chi connectivity index (χ0n) is 11.2. The van der Waals surface area contributed by atoms with Crippen LogP contribution in [0.5, 0.6) is 0 Å². The SMILES string of the molecule is CCC(C)C(C)C(=O)Nc1ccc(C(=O)O)c(Cl)c1. The predicted octanol–water partition coefficient (Wildman–Crippen LogP) is 3.66. The molecule has 0 spiro atoms. The molecule has 0 aliphatic rings. The molecule has 1 rings (SSSR count). The highest BCUT2D eigenvalue weighted by atomic mass is 35.5. The second-order valence-corrected chi connectivity index (χ2v) is 5.07. The van der Waals surface area contributed by atoms with Crippen LogP contribution >= 0.6 is 11.6 Å². The van der Waals surface area contributed by atoms with Gasteiger partial charge in [0.15, 0.2) is 0 Å². The molecule has 1 amide bonds. The molecule has 0 radical (unpaired) electrons. The topological polar surface area (TPSA) is 66.4 Å². The van der Waals surface area contributed by atoms with Gasteiger partial charge in [-0.05, 0) is 24.1 Å². The lowest BCUT2D eigenvalue weighted by Crippen LogP contribution is -2.25. The lowest BCUT2D eigenvalue weighted by Gasteiger charge is -2.18. The van der Waals surface area contributed by atoms with Gasteiger partial charge in [0.2, 0.25) is 5.91 Å². The van der Waals surface area contributed by atoms with Crippen LogP contribution in [0.4, 0.5) is 5.69 Å². The average Bonchev–Trinajstić information content (AvgIpc) is 2.36. The van der Waals surface area contributed by atoms with Crippen molar-refractivity contribution in [2.75, 3.05) is 5.32 Å². The number of hydrogen-bond donors (Lipinski definition) is 2. The summed E-state index contributed by atoms with van der Waals surface area (Å²) >= 11 is 5.85. The molecule has 5 heteroatoms. The van der Waals surface area contributed by atoms with Gasteiger partial charge < -0.3 is 10.4 Å². The van der Waals surface area contributed by atoms with E-state index in [2.05, 4.69) is 5.32 Å². The zero-order chi connectivity index (χ0) is 14.6. The lowest BCUT2D eigenvalue weighted by atomic mass is 9.93. The van der Waals surface area contributed by atoms with E-state index in [9.17, 15) is 9.59 Å². The van der Waals surface area contributed by atoms with Gasteiger partial charge in [0.05, 0.1) is 10.6 Å². The van der Waals surface area contributed by atoms with Gasteiger partial charge in [0, 0.05) is 11.6 Å². The number of anilines is 1. The van der Waals surface area contributed by atoms with E-state index in [1.165, 1.54) is 18.2 Å². The summed E-state index contributed by atoms with van der Waals surface area (Å²) in [6.07, 6.45) is 0.924. The Hall–Kier alpha value is -1.55. The largest absolute Gasteiger partial charge is 0.478 e. The van der Waals surface area contributed by atoms with Gasteiger partial charge in [0.25, 0.3) is 0 Å². The minimum atomic E-state index is -1.09. The van der Waals surface area contributed by atoms with E-state index in [0.29, 0.717) is 5.69 Å². The Morgan fingerprint density at radius 2 is 2.00 bits per heavy atom. The maximum Gasteiger partial charge on any atom is 0.337 e. The Bertz CT molecular complexity index is 488. The Morgan fingerprint density at radius 1 is 1.37 bits per heavy atom. The molecule has 0 fully saturated rings. The number of rotatable bonds is 5. The molecule has 0 saturated carbocycles. The molecule has 0 aliphatic heterocycles. The van der Waals surface area contributed by atoms with E-state index < -0.39 is 5.97 Å². The van der Waals surface area contributed by atoms with Crippen molar-refractivity contribution in [2.45, 2.75) is 27.2 Å². The van der Waals surface area contributed by atoms with Gasteiger partial charge in [-0.15, -0.1) is 0 Å². The summed E-state index contributed by atoms with van der Waals surface area (Å²) in [6, 6.07) is 4.37. The molecule has 0 bridgehead atoms. The van der Waals surface area contributed by atoms with Crippen LogP contribution in [0, 0.1) is 11.8 Å². The Kier molecular flexibility index (Phi) is 5.36. The molecule has 1 aromatic rings. The van der Waals surface area contributed by atoms with E-state index in [4.69, 9.17) is 16.7 Å². The molecule has 2 N–H and O–H groups in total. The Labute approximate surface area is 117 Å². The lowest BCUT2D eigenvalue weighted by molar-refractivity contribution is -0.120. The van der Waals surface area contributed by atoms with Crippen molar-refractivity contribution >= 4 is 29.2 Å². The highest BCUT2D eigenvalue weighted by Crippen LogP contribution is 2.22. The third-order valence-corrected chi connectivity index (χ3v) is 3.69. The van der Waals surface area contributed by atoms with Crippen LogP contribution in [0.1, 0.15) is 37.6 Å². The van der Waals surface area contributed by atoms with E-state index in [1.807, 2.05) is 20.8 Å². The van der Waals surface area contributed by atoms with E-state index >= 15 is 0 Å². The summed E-state index contributed by atoms with van der Waals surface area (Å²) in [7, 11) is 0. The molecule has 0 heterocycles. The number of carbonyl (C=O) groups is 2. The zero-order valence-corrected chi connectivity index (χ0v) is 12.0. The quantitative estimate of drug-likeness (QED) is 0.866. The average molecular weight is 284 g/mol. The van der Waals surface area contributed by atoms with Crippen molar-refractivity contribution < 1.29 is 14.7 Å². The number of aromatic carboxylic acids is 1. The molecule has 0 aromatic heterocycles. The number of halogens is 1. The molecule has 0 aliphatic carbocycles. The molecule has 104 valence electrons. The summed E-state index contributed by atoms with van der Waals surface area (Å²) in [6.45, 7) is 5.93. The maximum atomic E-state index is 12.0. The van der Waals surface area contributed by atoms with Crippen LogP contribution < -0.4 is 5.32 Å². The van der Waals surface area contributed by atoms with Crippen LogP contribution in [-0.4, -0.2) is 17.0 Å². The van der Waals surface area contributed by atoms with E-state index in [0.717, 1.165) is 6.42 Å². The number of hydrogen-bond acceptors (Lipinski definition) is 2. The molecule has 19 heavy (non-hydrogen) atoms. The van der Waals surface area contributed by atoms with E-state index in [-0.39, 0.29) is 28.3 Å². The predicted molar refractivity (Wildman–Crippen MR) is 75.7 cm³/mol. The first kappa shape index (κ1) is 15.5. The number of benzene rings is 1. The highest BCUT2D eigenvalue weighted by molar-refractivity contribution is 6.33. The van der Waals surface area contributed by atoms with Crippen molar-refractivity contribution in [3.8, 4) is 0 Å². The Balaban J connectivity index is 2.81. The molecule has 0 saturated heterocycles. The van der Waals surface area contributed by atoms with E-state index in [1.54, 1.807) is 0 Å². The highest BCUT2D eigenvalue weighted by Gasteiger charge is 2.19. The molecule has 1 aromatic carbocycles. The number of carbonyl (C=O) groups excluding carboxylic acids is 1. The summed E-state index contributed by atoms with van der Waals surface area (Å²) < 4.78 is 0. The minimum absolute atomic E-state index is 0.0228. The van der Waals surface area contributed by atoms with Gasteiger partial charge >= 0.3 is 5.97 Å². The van der Waals surface area contributed by atoms with Gasteiger partial charge in [-0.25, -0.2) is 4.79 Å². The number of carboxylic acid groups (broad SMARTS) is 1. The van der Waals surface area contributed by atoms with Crippen LogP contribution in [0.15, 0.2) is 18.2 Å². The molecular formula is C14H18ClNO3. The first-order chi connectivity index (χ1) is 8.86. The van der Waals surface area contributed by atoms with Gasteiger partial charge in [0.1, 0.15) is 0 Å². The van der Waals surface area contributed by atoms with Gasteiger partial charge in [-0.2, -0.15) is 0 Å². The number of amides is 1. The van der Waals surface area contributed by atoms with Crippen LogP contribution in [0.3, 0.4) is 0 Å². The minimum Gasteiger partial charge on any atom is -0.478 e. The normalized spacial score (nSPS) is 13.7. The fraction of sp³-hybridized carbons (Fsp3) is 0.429. The number of nitrogens with one attached hydrogen (secondary N) is 1. The summed E-state index contributed by atoms with van der Waals surface area (Å²) in [4.78, 5) is 22.8. The van der Waals surface area contributed by atoms with Crippen molar-refractivity contribution in [2.24, 2.45) is 11.8 Å². The van der Waals surface area contributed by atoms with Gasteiger partial charge in [-0.3, -0.25) is 4.79 Å². The van der Waals surface area contributed by atoms with Crippen molar-refractivity contribution in [1.29, 1.82) is 0 Å². The van der Waals surface area contributed by atoms with Crippen molar-refractivity contribution in [1.82, 2.24) is 0 Å². The molecule has 2 unspecified atom stereocenters.